The average molecular weight is 255 g/mol. The van der Waals surface area contributed by atoms with Gasteiger partial charge in [0.05, 0.1) is 23.2 Å². The van der Waals surface area contributed by atoms with Gasteiger partial charge in [-0.1, -0.05) is 11.6 Å². The molecule has 0 fully saturated rings. The van der Waals surface area contributed by atoms with Crippen LogP contribution in [0.2, 0.25) is 5.15 Å². The Kier molecular flexibility index (Phi) is 2.05. The number of nitrogens with zero attached hydrogens (tertiary/aromatic N) is 4. The van der Waals surface area contributed by atoms with Gasteiger partial charge < -0.3 is 5.32 Å². The van der Waals surface area contributed by atoms with E-state index in [0.29, 0.717) is 5.56 Å². The molecule has 0 amide bonds. The first-order chi connectivity index (χ1) is 8.18. The lowest BCUT2D eigenvalue weighted by molar-refractivity contribution is -0.384. The maximum atomic E-state index is 10.9. The molecule has 1 aliphatic rings. The van der Waals surface area contributed by atoms with E-state index >= 15 is 0 Å². The molecule has 9 heteroatoms. The molecule has 0 aliphatic carbocycles. The number of aromatic amines is 1. The second kappa shape index (κ2) is 3.45. The van der Waals surface area contributed by atoms with Gasteiger partial charge in [0.15, 0.2) is 5.69 Å². The molecule has 88 valence electrons. The van der Waals surface area contributed by atoms with Gasteiger partial charge >= 0.3 is 5.69 Å². The van der Waals surface area contributed by atoms with Crippen LogP contribution in [0, 0.1) is 10.1 Å². The van der Waals surface area contributed by atoms with Crippen molar-refractivity contribution in [2.75, 3.05) is 11.9 Å². The molecule has 3 heterocycles. The fourth-order valence-corrected chi connectivity index (χ4v) is 2.08. The molecule has 3 rings (SSSR count). The molecule has 2 aromatic heterocycles. The van der Waals surface area contributed by atoms with E-state index in [1.165, 1.54) is 0 Å². The van der Waals surface area contributed by atoms with E-state index < -0.39 is 4.92 Å². The number of fused-ring (bicyclic) bond motifs is 1. The van der Waals surface area contributed by atoms with Gasteiger partial charge in [0.25, 0.3) is 0 Å². The molecular formula is C8H7ClN6O2. The Morgan fingerprint density at radius 3 is 3.18 bits per heavy atom. The van der Waals surface area contributed by atoms with Crippen molar-refractivity contribution in [3.05, 3.63) is 21.5 Å². The topological polar surface area (TPSA) is 102 Å². The number of nitrogens with one attached hydrogen (secondary N) is 2. The quantitative estimate of drug-likeness (QED) is 0.620. The number of nitro groups is 1. The summed E-state index contributed by atoms with van der Waals surface area (Å²) in [5.74, 6) is 0.744. The van der Waals surface area contributed by atoms with Crippen LogP contribution in [0.3, 0.4) is 0 Å². The highest BCUT2D eigenvalue weighted by Crippen LogP contribution is 2.37. The minimum absolute atomic E-state index is 0.150. The summed E-state index contributed by atoms with van der Waals surface area (Å²) in [6, 6.07) is 0. The minimum Gasteiger partial charge on any atom is -0.368 e. The fraction of sp³-hybridized carbons (Fsp3) is 0.250. The van der Waals surface area contributed by atoms with E-state index in [9.17, 15) is 10.1 Å². The zero-order chi connectivity index (χ0) is 12.0. The van der Waals surface area contributed by atoms with Crippen LogP contribution < -0.4 is 5.32 Å². The third kappa shape index (κ3) is 1.37. The molecule has 0 saturated heterocycles. The van der Waals surface area contributed by atoms with Crippen molar-refractivity contribution in [3.63, 3.8) is 0 Å². The highest BCUT2D eigenvalue weighted by Gasteiger charge is 2.28. The monoisotopic (exact) mass is 254 g/mol. The van der Waals surface area contributed by atoms with Crippen LogP contribution >= 0.6 is 11.6 Å². The van der Waals surface area contributed by atoms with Crippen molar-refractivity contribution in [2.45, 2.75) is 6.54 Å². The maximum Gasteiger partial charge on any atom is 0.333 e. The Labute approximate surface area is 99.7 Å². The average Bonchev–Trinajstić information content (AvgIpc) is 2.90. The molecule has 0 aromatic carbocycles. The van der Waals surface area contributed by atoms with E-state index in [0.717, 1.165) is 18.9 Å². The number of anilines is 1. The smallest absolute Gasteiger partial charge is 0.333 e. The van der Waals surface area contributed by atoms with E-state index in [1.54, 1.807) is 10.9 Å². The Balaban J connectivity index is 2.19. The first-order valence-corrected chi connectivity index (χ1v) is 5.24. The Hall–Kier alpha value is -2.09. The Bertz CT molecular complexity index is 603. The van der Waals surface area contributed by atoms with Gasteiger partial charge in [-0.3, -0.25) is 15.2 Å². The molecule has 2 aromatic rings. The number of aromatic nitrogens is 4. The van der Waals surface area contributed by atoms with E-state index in [4.69, 9.17) is 11.6 Å². The molecule has 0 atom stereocenters. The molecule has 17 heavy (non-hydrogen) atoms. The van der Waals surface area contributed by atoms with Crippen molar-refractivity contribution < 1.29 is 4.92 Å². The zero-order valence-corrected chi connectivity index (χ0v) is 9.23. The molecule has 0 unspecified atom stereocenters. The molecule has 1 aliphatic heterocycles. The third-order valence-corrected chi connectivity index (χ3v) is 2.87. The van der Waals surface area contributed by atoms with E-state index in [2.05, 4.69) is 20.6 Å². The SMILES string of the molecule is O=[N+]([O-])c1c(Cl)n[nH]c1-c1cnn2c1NCC2. The predicted octanol–water partition coefficient (Wildman–Crippen LogP) is 1.26. The number of hydrogen-bond acceptors (Lipinski definition) is 5. The Morgan fingerprint density at radius 2 is 2.41 bits per heavy atom. The number of hydrogen-bond donors (Lipinski definition) is 2. The van der Waals surface area contributed by atoms with Crippen molar-refractivity contribution in [3.8, 4) is 11.3 Å². The highest BCUT2D eigenvalue weighted by molar-refractivity contribution is 6.32. The normalized spacial score (nSPS) is 13.5. The van der Waals surface area contributed by atoms with Crippen molar-refractivity contribution in [1.82, 2.24) is 20.0 Å². The molecule has 0 bridgehead atoms. The van der Waals surface area contributed by atoms with Crippen LogP contribution in [0.25, 0.3) is 11.3 Å². The second-order valence-corrected chi connectivity index (χ2v) is 3.91. The van der Waals surface area contributed by atoms with Crippen LogP contribution in [0.1, 0.15) is 0 Å². The zero-order valence-electron chi connectivity index (χ0n) is 8.47. The summed E-state index contributed by atoms with van der Waals surface area (Å²) in [5.41, 5.74) is 0.653. The molecule has 0 radical (unpaired) electrons. The molecule has 0 saturated carbocycles. The summed E-state index contributed by atoms with van der Waals surface area (Å²) < 4.78 is 1.74. The second-order valence-electron chi connectivity index (χ2n) is 3.55. The van der Waals surface area contributed by atoms with Crippen LogP contribution in [0.5, 0.6) is 0 Å². The van der Waals surface area contributed by atoms with Crippen LogP contribution in [-0.2, 0) is 6.54 Å². The summed E-state index contributed by atoms with van der Waals surface area (Å²) in [7, 11) is 0. The van der Waals surface area contributed by atoms with E-state index in [1.807, 2.05) is 0 Å². The summed E-state index contributed by atoms with van der Waals surface area (Å²) in [6.07, 6.45) is 1.55. The Morgan fingerprint density at radius 1 is 1.59 bits per heavy atom. The summed E-state index contributed by atoms with van der Waals surface area (Å²) in [5, 5.41) is 24.2. The number of rotatable bonds is 2. The van der Waals surface area contributed by atoms with Gasteiger partial charge in [-0.25, -0.2) is 4.68 Å². The molecule has 2 N–H and O–H groups in total. The van der Waals surface area contributed by atoms with Gasteiger partial charge in [-0.2, -0.15) is 10.2 Å². The molecule has 0 spiro atoms. The third-order valence-electron chi connectivity index (χ3n) is 2.61. The van der Waals surface area contributed by atoms with Crippen LogP contribution in [-0.4, -0.2) is 31.4 Å². The van der Waals surface area contributed by atoms with Gasteiger partial charge in [-0.05, 0) is 0 Å². The predicted molar refractivity (Wildman–Crippen MR) is 60.0 cm³/mol. The lowest BCUT2D eigenvalue weighted by Crippen LogP contribution is -1.95. The van der Waals surface area contributed by atoms with Crippen LogP contribution in [0.4, 0.5) is 11.5 Å². The van der Waals surface area contributed by atoms with Gasteiger partial charge in [0, 0.05) is 6.54 Å². The first kappa shape index (κ1) is 10.1. The van der Waals surface area contributed by atoms with Gasteiger partial charge in [0.1, 0.15) is 5.82 Å². The lowest BCUT2D eigenvalue weighted by Gasteiger charge is -1.98. The fourth-order valence-electron chi connectivity index (χ4n) is 1.87. The number of halogens is 1. The maximum absolute atomic E-state index is 10.9. The summed E-state index contributed by atoms with van der Waals surface area (Å²) in [4.78, 5) is 10.4. The van der Waals surface area contributed by atoms with Crippen molar-refractivity contribution >= 4 is 23.1 Å². The van der Waals surface area contributed by atoms with Crippen LogP contribution in [0.15, 0.2) is 6.20 Å². The van der Waals surface area contributed by atoms with Crippen molar-refractivity contribution in [1.29, 1.82) is 0 Å². The first-order valence-electron chi connectivity index (χ1n) is 4.87. The van der Waals surface area contributed by atoms with E-state index in [-0.39, 0.29) is 16.5 Å². The molecular weight excluding hydrogens is 248 g/mol. The lowest BCUT2D eigenvalue weighted by atomic mass is 10.2. The largest absolute Gasteiger partial charge is 0.368 e. The highest BCUT2D eigenvalue weighted by atomic mass is 35.5. The van der Waals surface area contributed by atoms with Gasteiger partial charge in [0.2, 0.25) is 5.15 Å². The number of H-pyrrole nitrogens is 1. The summed E-state index contributed by atoms with van der Waals surface area (Å²) in [6.45, 7) is 1.50. The van der Waals surface area contributed by atoms with Gasteiger partial charge in [-0.15, -0.1) is 0 Å². The van der Waals surface area contributed by atoms with Crippen molar-refractivity contribution in [2.24, 2.45) is 0 Å². The standard InChI is InChI=1S/C8H7ClN6O2/c9-7-6(15(16)17)5(12-13-7)4-3-11-14-2-1-10-8(4)14/h3,10H,1-2H2,(H,12,13). The minimum atomic E-state index is -0.555. The summed E-state index contributed by atoms with van der Waals surface area (Å²) >= 11 is 5.68. The molecule has 8 nitrogen and oxygen atoms in total.